The first kappa shape index (κ1) is 19.1. The fraction of sp³-hybridized carbons (Fsp3) is 0.476. The number of piperidine rings is 1. The van der Waals surface area contributed by atoms with Gasteiger partial charge < -0.3 is 10.2 Å². The number of rotatable bonds is 6. The first-order chi connectivity index (χ1) is 13.1. The lowest BCUT2D eigenvalue weighted by atomic mass is 9.94. The van der Waals surface area contributed by atoms with Crippen LogP contribution in [0.5, 0.6) is 0 Å². The number of aryl methyl sites for hydroxylation is 1. The third-order valence-corrected chi connectivity index (χ3v) is 5.29. The Kier molecular flexibility index (Phi) is 6.27. The molecule has 1 saturated heterocycles. The largest absolute Gasteiger partial charge is 0.370 e. The van der Waals surface area contributed by atoms with Crippen molar-refractivity contribution in [2.45, 2.75) is 51.6 Å². The fourth-order valence-corrected chi connectivity index (χ4v) is 3.68. The van der Waals surface area contributed by atoms with Crippen molar-refractivity contribution in [2.24, 2.45) is 0 Å². The van der Waals surface area contributed by atoms with Crippen LogP contribution in [0.1, 0.15) is 44.6 Å². The predicted molar refractivity (Wildman–Crippen MR) is 107 cm³/mol. The molecule has 1 aromatic carbocycles. The molecule has 1 aliphatic heterocycles. The van der Waals surface area contributed by atoms with E-state index in [-0.39, 0.29) is 23.4 Å². The average Bonchev–Trinajstić information content (AvgIpc) is 2.70. The van der Waals surface area contributed by atoms with E-state index in [1.165, 1.54) is 4.68 Å². The smallest absolute Gasteiger partial charge is 0.268 e. The standard InChI is InChI=1S/C21H28N4O2/c1-3-19(16-8-6-5-7-9-16)21(27)23-17-10-12-24(13-11-17)18-14-20(26)25(4-2)22-15-18/h5-9,14-15,17,19H,3-4,10-13H2,1-2H3,(H,23,27). The minimum Gasteiger partial charge on any atom is -0.370 e. The quantitative estimate of drug-likeness (QED) is 0.851. The molecule has 2 heterocycles. The van der Waals surface area contributed by atoms with Gasteiger partial charge >= 0.3 is 0 Å². The Balaban J connectivity index is 1.57. The minimum absolute atomic E-state index is 0.0703. The third-order valence-electron chi connectivity index (χ3n) is 5.29. The Morgan fingerprint density at radius 2 is 1.93 bits per heavy atom. The van der Waals surface area contributed by atoms with Gasteiger partial charge in [-0.2, -0.15) is 5.10 Å². The third kappa shape index (κ3) is 4.56. The summed E-state index contributed by atoms with van der Waals surface area (Å²) in [6.07, 6.45) is 4.28. The van der Waals surface area contributed by atoms with Crippen LogP contribution in [-0.2, 0) is 11.3 Å². The minimum atomic E-state index is -0.102. The van der Waals surface area contributed by atoms with E-state index in [2.05, 4.69) is 15.3 Å². The Labute approximate surface area is 160 Å². The van der Waals surface area contributed by atoms with Crippen molar-refractivity contribution < 1.29 is 4.79 Å². The van der Waals surface area contributed by atoms with Crippen molar-refractivity contribution in [2.75, 3.05) is 18.0 Å². The van der Waals surface area contributed by atoms with E-state index in [0.717, 1.165) is 43.6 Å². The molecule has 0 radical (unpaired) electrons. The summed E-state index contributed by atoms with van der Waals surface area (Å²) >= 11 is 0. The second-order valence-electron chi connectivity index (χ2n) is 7.01. The number of benzene rings is 1. The number of hydrogen-bond donors (Lipinski definition) is 1. The fourth-order valence-electron chi connectivity index (χ4n) is 3.68. The van der Waals surface area contributed by atoms with Crippen molar-refractivity contribution in [3.05, 3.63) is 58.5 Å². The van der Waals surface area contributed by atoms with Crippen LogP contribution in [0.15, 0.2) is 47.4 Å². The van der Waals surface area contributed by atoms with Gasteiger partial charge in [0.15, 0.2) is 0 Å². The zero-order valence-electron chi connectivity index (χ0n) is 16.1. The van der Waals surface area contributed by atoms with Gasteiger partial charge in [0, 0.05) is 31.7 Å². The molecule has 6 heteroatoms. The van der Waals surface area contributed by atoms with Crippen LogP contribution in [0.3, 0.4) is 0 Å². The maximum atomic E-state index is 12.7. The molecule has 1 fully saturated rings. The lowest BCUT2D eigenvalue weighted by Gasteiger charge is -2.34. The zero-order chi connectivity index (χ0) is 19.2. The highest BCUT2D eigenvalue weighted by Gasteiger charge is 2.25. The van der Waals surface area contributed by atoms with E-state index in [9.17, 15) is 9.59 Å². The van der Waals surface area contributed by atoms with Crippen molar-refractivity contribution in [3.8, 4) is 0 Å². The van der Waals surface area contributed by atoms with Gasteiger partial charge in [-0.15, -0.1) is 0 Å². The number of anilines is 1. The Morgan fingerprint density at radius 1 is 1.22 bits per heavy atom. The molecule has 6 nitrogen and oxygen atoms in total. The molecule has 0 saturated carbocycles. The highest BCUT2D eigenvalue weighted by atomic mass is 16.2. The van der Waals surface area contributed by atoms with E-state index in [1.54, 1.807) is 12.3 Å². The second kappa shape index (κ2) is 8.84. The SMILES string of the molecule is CCC(C(=O)NC1CCN(c2cnn(CC)c(=O)c2)CC1)c1ccccc1. The van der Waals surface area contributed by atoms with Gasteiger partial charge in [-0.1, -0.05) is 37.3 Å². The number of carbonyl (C=O) groups is 1. The van der Waals surface area contributed by atoms with Crippen LogP contribution in [0, 0.1) is 0 Å². The summed E-state index contributed by atoms with van der Waals surface area (Å²) < 4.78 is 1.45. The summed E-state index contributed by atoms with van der Waals surface area (Å²) in [6, 6.07) is 11.8. The number of nitrogens with zero attached hydrogens (tertiary/aromatic N) is 3. The summed E-state index contributed by atoms with van der Waals surface area (Å²) in [4.78, 5) is 26.9. The normalized spacial score (nSPS) is 16.1. The molecule has 1 aromatic heterocycles. The lowest BCUT2D eigenvalue weighted by Crippen LogP contribution is -2.46. The van der Waals surface area contributed by atoms with Crippen LogP contribution >= 0.6 is 0 Å². The van der Waals surface area contributed by atoms with E-state index in [1.807, 2.05) is 44.2 Å². The molecule has 0 bridgehead atoms. The number of amides is 1. The van der Waals surface area contributed by atoms with Crippen LogP contribution in [0.4, 0.5) is 5.69 Å². The maximum Gasteiger partial charge on any atom is 0.268 e. The number of aromatic nitrogens is 2. The lowest BCUT2D eigenvalue weighted by molar-refractivity contribution is -0.123. The van der Waals surface area contributed by atoms with Crippen LogP contribution < -0.4 is 15.8 Å². The summed E-state index contributed by atoms with van der Waals surface area (Å²) in [5, 5.41) is 7.42. The first-order valence-electron chi connectivity index (χ1n) is 9.79. The van der Waals surface area contributed by atoms with Crippen LogP contribution in [0.25, 0.3) is 0 Å². The maximum absolute atomic E-state index is 12.7. The number of carbonyl (C=O) groups excluding carboxylic acids is 1. The molecule has 1 atom stereocenters. The summed E-state index contributed by atoms with van der Waals surface area (Å²) in [5.41, 5.74) is 1.86. The molecule has 1 N–H and O–H groups in total. The van der Waals surface area contributed by atoms with Crippen molar-refractivity contribution >= 4 is 11.6 Å². The molecule has 1 aliphatic rings. The Bertz CT molecular complexity index is 810. The van der Waals surface area contributed by atoms with Crippen molar-refractivity contribution in [3.63, 3.8) is 0 Å². The van der Waals surface area contributed by atoms with E-state index in [4.69, 9.17) is 0 Å². The molecule has 27 heavy (non-hydrogen) atoms. The van der Waals surface area contributed by atoms with Gasteiger partial charge in [-0.25, -0.2) is 4.68 Å². The molecular weight excluding hydrogens is 340 g/mol. The summed E-state index contributed by atoms with van der Waals surface area (Å²) in [6.45, 7) is 6.15. The topological polar surface area (TPSA) is 67.2 Å². The van der Waals surface area contributed by atoms with Crippen molar-refractivity contribution in [1.82, 2.24) is 15.1 Å². The van der Waals surface area contributed by atoms with Gasteiger partial charge in [-0.3, -0.25) is 9.59 Å². The van der Waals surface area contributed by atoms with E-state index < -0.39 is 0 Å². The van der Waals surface area contributed by atoms with Gasteiger partial charge in [0.05, 0.1) is 17.8 Å². The van der Waals surface area contributed by atoms with Gasteiger partial charge in [-0.05, 0) is 31.7 Å². The van der Waals surface area contributed by atoms with Gasteiger partial charge in [0.2, 0.25) is 5.91 Å². The number of hydrogen-bond acceptors (Lipinski definition) is 4. The zero-order valence-corrected chi connectivity index (χ0v) is 16.1. The summed E-state index contributed by atoms with van der Waals surface area (Å²) in [7, 11) is 0. The molecule has 0 spiro atoms. The Hall–Kier alpha value is -2.63. The molecule has 1 amide bonds. The molecule has 0 aliphatic carbocycles. The second-order valence-corrected chi connectivity index (χ2v) is 7.01. The average molecular weight is 368 g/mol. The highest BCUT2D eigenvalue weighted by molar-refractivity contribution is 5.83. The molecule has 3 rings (SSSR count). The predicted octanol–water partition coefficient (Wildman–Crippen LogP) is 2.54. The molecule has 1 unspecified atom stereocenters. The van der Waals surface area contributed by atoms with E-state index >= 15 is 0 Å². The first-order valence-corrected chi connectivity index (χ1v) is 9.79. The van der Waals surface area contributed by atoms with Gasteiger partial charge in [0.25, 0.3) is 5.56 Å². The van der Waals surface area contributed by atoms with Crippen LogP contribution in [-0.4, -0.2) is 34.8 Å². The summed E-state index contributed by atoms with van der Waals surface area (Å²) in [5.74, 6) is 0.00410. The Morgan fingerprint density at radius 3 is 2.52 bits per heavy atom. The number of nitrogens with one attached hydrogen (secondary N) is 1. The van der Waals surface area contributed by atoms with E-state index in [0.29, 0.717) is 6.54 Å². The highest BCUT2D eigenvalue weighted by Crippen LogP contribution is 2.22. The van der Waals surface area contributed by atoms with Gasteiger partial charge in [0.1, 0.15) is 0 Å². The molecule has 2 aromatic rings. The van der Waals surface area contributed by atoms with Crippen molar-refractivity contribution in [1.29, 1.82) is 0 Å². The monoisotopic (exact) mass is 368 g/mol. The van der Waals surface area contributed by atoms with Crippen LogP contribution in [0.2, 0.25) is 0 Å². The molecule has 144 valence electrons. The molecular formula is C21H28N4O2.